The second kappa shape index (κ2) is 8.11. The van der Waals surface area contributed by atoms with Crippen molar-refractivity contribution in [3.63, 3.8) is 0 Å². The van der Waals surface area contributed by atoms with E-state index < -0.39 is 0 Å². The number of anilines is 1. The minimum Gasteiger partial charge on any atom is -0.416 e. The average Bonchev–Trinajstić information content (AvgIpc) is 3.50. The Hall–Kier alpha value is -4.26. The minimum absolute atomic E-state index is 0.428. The van der Waals surface area contributed by atoms with Gasteiger partial charge in [-0.15, -0.1) is 20.4 Å². The first-order chi connectivity index (χ1) is 15.6. The Kier molecular flexibility index (Phi) is 4.99. The van der Waals surface area contributed by atoms with Gasteiger partial charge in [-0.3, -0.25) is 0 Å². The van der Waals surface area contributed by atoms with E-state index in [1.807, 2.05) is 98.7 Å². The normalized spacial score (nSPS) is 11.0. The quantitative estimate of drug-likeness (QED) is 0.369. The van der Waals surface area contributed by atoms with Gasteiger partial charge in [-0.2, -0.15) is 0 Å². The molecule has 0 bridgehead atoms. The van der Waals surface area contributed by atoms with E-state index in [0.717, 1.165) is 27.9 Å². The summed E-state index contributed by atoms with van der Waals surface area (Å²) in [5.41, 5.74) is 5.58. The Balaban J connectivity index is 1.41. The fourth-order valence-corrected chi connectivity index (χ4v) is 3.30. The number of hydrogen-bond donors (Lipinski definition) is 0. The zero-order chi connectivity index (χ0) is 22.1. The molecule has 5 aromatic rings. The topological polar surface area (TPSA) is 81.1 Å². The van der Waals surface area contributed by atoms with Crippen molar-refractivity contribution in [1.29, 1.82) is 0 Å². The SMILES string of the molecule is Cc1ccc(-c2nnc(-c3cccc(-c4nnc(-c5ccc(N(C)C)cc5)o4)c3)o2)cc1. The standard InChI is InChI=1S/C25H21N5O2/c1-16-7-9-17(10-8-16)22-26-28-24(31-22)19-5-4-6-20(15-19)25-29-27-23(32-25)18-11-13-21(14-12-18)30(2)3/h4-15H,1-3H3. The zero-order valence-corrected chi connectivity index (χ0v) is 18.0. The van der Waals surface area contributed by atoms with E-state index in [9.17, 15) is 0 Å². The summed E-state index contributed by atoms with van der Waals surface area (Å²) in [4.78, 5) is 2.04. The zero-order valence-electron chi connectivity index (χ0n) is 18.0. The van der Waals surface area contributed by atoms with E-state index in [0.29, 0.717) is 23.6 Å². The molecule has 3 aromatic carbocycles. The van der Waals surface area contributed by atoms with Crippen LogP contribution < -0.4 is 4.90 Å². The second-order valence-corrected chi connectivity index (χ2v) is 7.71. The summed E-state index contributed by atoms with van der Waals surface area (Å²) in [6.45, 7) is 2.04. The molecule has 0 saturated heterocycles. The molecule has 0 saturated carbocycles. The van der Waals surface area contributed by atoms with Crippen LogP contribution in [-0.4, -0.2) is 34.5 Å². The fraction of sp³-hybridized carbons (Fsp3) is 0.120. The maximum atomic E-state index is 5.93. The third-order valence-corrected chi connectivity index (χ3v) is 5.14. The van der Waals surface area contributed by atoms with Gasteiger partial charge in [0.2, 0.25) is 23.6 Å². The summed E-state index contributed by atoms with van der Waals surface area (Å²) < 4.78 is 11.8. The van der Waals surface area contributed by atoms with Crippen molar-refractivity contribution in [3.05, 3.63) is 78.4 Å². The van der Waals surface area contributed by atoms with Gasteiger partial charge < -0.3 is 13.7 Å². The molecule has 2 heterocycles. The third kappa shape index (κ3) is 3.88. The molecule has 7 heteroatoms. The molecule has 0 aliphatic carbocycles. The number of aryl methyl sites for hydroxylation is 1. The predicted molar refractivity (Wildman–Crippen MR) is 123 cm³/mol. The Morgan fingerprint density at radius 1 is 0.562 bits per heavy atom. The highest BCUT2D eigenvalue weighted by atomic mass is 16.4. The smallest absolute Gasteiger partial charge is 0.248 e. The van der Waals surface area contributed by atoms with E-state index in [-0.39, 0.29) is 0 Å². The van der Waals surface area contributed by atoms with Crippen LogP contribution in [0.15, 0.2) is 81.6 Å². The number of rotatable bonds is 5. The summed E-state index contributed by atoms with van der Waals surface area (Å²) in [6, 6.07) is 23.5. The number of aromatic nitrogens is 4. The third-order valence-electron chi connectivity index (χ3n) is 5.14. The number of nitrogens with zero attached hydrogens (tertiary/aromatic N) is 5. The van der Waals surface area contributed by atoms with E-state index in [1.165, 1.54) is 5.56 Å². The number of hydrogen-bond acceptors (Lipinski definition) is 7. The molecule has 32 heavy (non-hydrogen) atoms. The van der Waals surface area contributed by atoms with Crippen molar-refractivity contribution in [2.75, 3.05) is 19.0 Å². The van der Waals surface area contributed by atoms with E-state index in [2.05, 4.69) is 20.4 Å². The molecule has 158 valence electrons. The van der Waals surface area contributed by atoms with Crippen LogP contribution in [0.5, 0.6) is 0 Å². The molecular formula is C25H21N5O2. The van der Waals surface area contributed by atoms with Gasteiger partial charge in [0.1, 0.15) is 0 Å². The molecule has 0 aliphatic rings. The molecule has 0 spiro atoms. The largest absolute Gasteiger partial charge is 0.416 e. The fourth-order valence-electron chi connectivity index (χ4n) is 3.30. The van der Waals surface area contributed by atoms with E-state index in [1.54, 1.807) is 0 Å². The summed E-state index contributed by atoms with van der Waals surface area (Å²) in [7, 11) is 4.00. The van der Waals surface area contributed by atoms with Gasteiger partial charge in [-0.05, 0) is 61.5 Å². The first-order valence-electron chi connectivity index (χ1n) is 10.2. The molecule has 0 amide bonds. The van der Waals surface area contributed by atoms with Gasteiger partial charge in [0.15, 0.2) is 0 Å². The highest BCUT2D eigenvalue weighted by molar-refractivity contribution is 5.66. The van der Waals surface area contributed by atoms with Crippen molar-refractivity contribution >= 4 is 5.69 Å². The summed E-state index contributed by atoms with van der Waals surface area (Å²) in [5.74, 6) is 1.81. The molecule has 0 atom stereocenters. The molecular weight excluding hydrogens is 402 g/mol. The van der Waals surface area contributed by atoms with Crippen LogP contribution in [-0.2, 0) is 0 Å². The van der Waals surface area contributed by atoms with E-state index >= 15 is 0 Å². The van der Waals surface area contributed by atoms with Gasteiger partial charge in [0, 0.05) is 42.0 Å². The molecule has 0 unspecified atom stereocenters. The van der Waals surface area contributed by atoms with Crippen LogP contribution in [0.25, 0.3) is 45.8 Å². The van der Waals surface area contributed by atoms with Gasteiger partial charge in [-0.25, -0.2) is 0 Å². The molecule has 0 aliphatic heterocycles. The highest BCUT2D eigenvalue weighted by Crippen LogP contribution is 2.29. The van der Waals surface area contributed by atoms with Crippen molar-refractivity contribution in [3.8, 4) is 45.8 Å². The van der Waals surface area contributed by atoms with Crippen LogP contribution >= 0.6 is 0 Å². The Morgan fingerprint density at radius 2 is 1.00 bits per heavy atom. The average molecular weight is 423 g/mol. The highest BCUT2D eigenvalue weighted by Gasteiger charge is 2.14. The van der Waals surface area contributed by atoms with Crippen LogP contribution in [0.4, 0.5) is 5.69 Å². The van der Waals surface area contributed by atoms with Crippen LogP contribution in [0.2, 0.25) is 0 Å². The molecule has 7 nitrogen and oxygen atoms in total. The van der Waals surface area contributed by atoms with E-state index in [4.69, 9.17) is 8.83 Å². The Bertz CT molecular complexity index is 1350. The van der Waals surface area contributed by atoms with Crippen LogP contribution in [0, 0.1) is 6.92 Å². The first-order valence-corrected chi connectivity index (χ1v) is 10.2. The monoisotopic (exact) mass is 423 g/mol. The van der Waals surface area contributed by atoms with Crippen molar-refractivity contribution in [1.82, 2.24) is 20.4 Å². The first kappa shape index (κ1) is 19.7. The maximum Gasteiger partial charge on any atom is 0.248 e. The Labute approximate surface area is 185 Å². The molecule has 2 aromatic heterocycles. The van der Waals surface area contributed by atoms with Crippen molar-refractivity contribution in [2.45, 2.75) is 6.92 Å². The lowest BCUT2D eigenvalue weighted by atomic mass is 10.1. The predicted octanol–water partition coefficient (Wildman–Crippen LogP) is 5.50. The van der Waals surface area contributed by atoms with Gasteiger partial charge >= 0.3 is 0 Å². The lowest BCUT2D eigenvalue weighted by Gasteiger charge is -2.11. The molecule has 5 rings (SSSR count). The van der Waals surface area contributed by atoms with Crippen LogP contribution in [0.3, 0.4) is 0 Å². The molecule has 0 fully saturated rings. The second-order valence-electron chi connectivity index (χ2n) is 7.71. The van der Waals surface area contributed by atoms with Crippen molar-refractivity contribution in [2.24, 2.45) is 0 Å². The molecule has 0 radical (unpaired) electrons. The van der Waals surface area contributed by atoms with Crippen LogP contribution in [0.1, 0.15) is 5.56 Å². The summed E-state index contributed by atoms with van der Waals surface area (Å²) >= 11 is 0. The lowest BCUT2D eigenvalue weighted by Crippen LogP contribution is -2.07. The van der Waals surface area contributed by atoms with Crippen molar-refractivity contribution < 1.29 is 8.83 Å². The Morgan fingerprint density at radius 3 is 1.47 bits per heavy atom. The minimum atomic E-state index is 0.428. The van der Waals surface area contributed by atoms with Gasteiger partial charge in [0.05, 0.1) is 0 Å². The summed E-state index contributed by atoms with van der Waals surface area (Å²) in [6.07, 6.45) is 0. The molecule has 0 N–H and O–H groups in total. The van der Waals surface area contributed by atoms with Gasteiger partial charge in [-0.1, -0.05) is 23.8 Å². The lowest BCUT2D eigenvalue weighted by molar-refractivity contribution is 0.582. The number of benzene rings is 3. The maximum absolute atomic E-state index is 5.93. The summed E-state index contributed by atoms with van der Waals surface area (Å²) in [5, 5.41) is 16.8. The van der Waals surface area contributed by atoms with Gasteiger partial charge in [0.25, 0.3) is 0 Å².